The standard InChI is InChI=1S/C23H22ClN3O2S/c1-2-3-4-9-14-29-19-13-8-5-10-16(19)15-20-22(28)27-23(30-20)25-21(26-27)17-11-6-7-12-18(17)24/h5-8,10-13,15H,2-4,9,14H2,1H3/b20-15-. The summed E-state index contributed by atoms with van der Waals surface area (Å²) in [6.45, 7) is 2.86. The first kappa shape index (κ1) is 20.6. The zero-order valence-electron chi connectivity index (χ0n) is 16.7. The van der Waals surface area contributed by atoms with Crippen LogP contribution in [0.4, 0.5) is 0 Å². The van der Waals surface area contributed by atoms with Gasteiger partial charge in [0.15, 0.2) is 5.82 Å². The molecule has 2 heterocycles. The molecule has 0 radical (unpaired) electrons. The van der Waals surface area contributed by atoms with Gasteiger partial charge >= 0.3 is 0 Å². The Labute approximate surface area is 183 Å². The molecule has 0 N–H and O–H groups in total. The largest absolute Gasteiger partial charge is 0.493 e. The van der Waals surface area contributed by atoms with Crippen LogP contribution in [0.5, 0.6) is 5.75 Å². The van der Waals surface area contributed by atoms with E-state index in [1.54, 1.807) is 6.07 Å². The summed E-state index contributed by atoms with van der Waals surface area (Å²) in [7, 11) is 0. The summed E-state index contributed by atoms with van der Waals surface area (Å²) in [5.74, 6) is 1.23. The number of rotatable bonds is 8. The van der Waals surface area contributed by atoms with Crippen molar-refractivity contribution in [2.24, 2.45) is 0 Å². The van der Waals surface area contributed by atoms with Crippen LogP contribution in [0.1, 0.15) is 38.2 Å². The van der Waals surface area contributed by atoms with Crippen LogP contribution < -0.4 is 14.8 Å². The number of benzene rings is 2. The van der Waals surface area contributed by atoms with E-state index in [4.69, 9.17) is 16.3 Å². The van der Waals surface area contributed by atoms with Crippen LogP contribution in [0.25, 0.3) is 22.4 Å². The summed E-state index contributed by atoms with van der Waals surface area (Å²) in [5, 5.41) is 4.93. The molecule has 0 unspecified atom stereocenters. The van der Waals surface area contributed by atoms with E-state index in [0.717, 1.165) is 24.2 Å². The van der Waals surface area contributed by atoms with Gasteiger partial charge in [-0.2, -0.15) is 9.50 Å². The number of thiazole rings is 1. The number of fused-ring (bicyclic) bond motifs is 1. The summed E-state index contributed by atoms with van der Waals surface area (Å²) < 4.78 is 7.86. The monoisotopic (exact) mass is 439 g/mol. The molecular formula is C23H22ClN3O2S. The molecule has 4 aromatic rings. The number of hydrogen-bond acceptors (Lipinski definition) is 5. The van der Waals surface area contributed by atoms with E-state index in [-0.39, 0.29) is 5.56 Å². The summed E-state index contributed by atoms with van der Waals surface area (Å²) in [5.41, 5.74) is 1.39. The molecular weight excluding hydrogens is 418 g/mol. The SMILES string of the molecule is CCCCCCOc1ccccc1/C=c1\sc2nc(-c3ccccc3Cl)nn2c1=O. The second-order valence-electron chi connectivity index (χ2n) is 6.97. The van der Waals surface area contributed by atoms with Crippen molar-refractivity contribution in [3.8, 4) is 17.1 Å². The number of para-hydroxylation sites is 1. The Balaban J connectivity index is 1.63. The van der Waals surface area contributed by atoms with E-state index in [1.165, 1.54) is 28.7 Å². The fraction of sp³-hybridized carbons (Fsp3) is 0.261. The van der Waals surface area contributed by atoms with Crippen molar-refractivity contribution in [2.45, 2.75) is 32.6 Å². The molecule has 0 aliphatic carbocycles. The van der Waals surface area contributed by atoms with Gasteiger partial charge in [0.1, 0.15) is 5.75 Å². The van der Waals surface area contributed by atoms with E-state index in [9.17, 15) is 4.79 Å². The van der Waals surface area contributed by atoms with Crippen LogP contribution in [0.3, 0.4) is 0 Å². The summed E-state index contributed by atoms with van der Waals surface area (Å²) in [4.78, 5) is 17.9. The van der Waals surface area contributed by atoms with Gasteiger partial charge < -0.3 is 4.74 Å². The Morgan fingerprint density at radius 2 is 1.90 bits per heavy atom. The van der Waals surface area contributed by atoms with Crippen molar-refractivity contribution >= 4 is 34.0 Å². The van der Waals surface area contributed by atoms with Crippen LogP contribution >= 0.6 is 22.9 Å². The Morgan fingerprint density at radius 3 is 2.70 bits per heavy atom. The van der Waals surface area contributed by atoms with Gasteiger partial charge in [0.25, 0.3) is 5.56 Å². The van der Waals surface area contributed by atoms with Crippen molar-refractivity contribution in [3.05, 3.63) is 74.0 Å². The maximum Gasteiger partial charge on any atom is 0.291 e. The molecule has 0 amide bonds. The zero-order valence-corrected chi connectivity index (χ0v) is 18.2. The van der Waals surface area contributed by atoms with Crippen LogP contribution in [0, 0.1) is 0 Å². The minimum absolute atomic E-state index is 0.196. The number of unbranched alkanes of at least 4 members (excludes halogenated alkanes) is 3. The van der Waals surface area contributed by atoms with Gasteiger partial charge in [0.2, 0.25) is 4.96 Å². The molecule has 0 spiro atoms. The quantitative estimate of drug-likeness (QED) is 0.363. The van der Waals surface area contributed by atoms with Crippen LogP contribution in [0.2, 0.25) is 5.02 Å². The topological polar surface area (TPSA) is 56.5 Å². The normalized spacial score (nSPS) is 12.0. The molecule has 30 heavy (non-hydrogen) atoms. The lowest BCUT2D eigenvalue weighted by molar-refractivity contribution is 0.304. The Hall–Kier alpha value is -2.70. The lowest BCUT2D eigenvalue weighted by Crippen LogP contribution is -2.23. The van der Waals surface area contributed by atoms with Gasteiger partial charge in [-0.1, -0.05) is 79.5 Å². The highest BCUT2D eigenvalue weighted by Gasteiger charge is 2.14. The second kappa shape index (κ2) is 9.41. The molecule has 154 valence electrons. The number of ether oxygens (including phenoxy) is 1. The third-order valence-electron chi connectivity index (χ3n) is 4.76. The maximum atomic E-state index is 12.9. The van der Waals surface area contributed by atoms with Gasteiger partial charge in [0.05, 0.1) is 16.2 Å². The van der Waals surface area contributed by atoms with E-state index in [1.807, 2.05) is 48.5 Å². The van der Waals surface area contributed by atoms with Crippen LogP contribution in [0.15, 0.2) is 53.3 Å². The van der Waals surface area contributed by atoms with E-state index < -0.39 is 0 Å². The Bertz CT molecular complexity index is 1270. The molecule has 7 heteroatoms. The highest BCUT2D eigenvalue weighted by atomic mass is 35.5. The molecule has 0 aliphatic rings. The molecule has 2 aromatic heterocycles. The molecule has 0 bridgehead atoms. The third kappa shape index (κ3) is 4.40. The number of hydrogen-bond donors (Lipinski definition) is 0. The molecule has 0 fully saturated rings. The molecule has 0 saturated carbocycles. The molecule has 0 atom stereocenters. The molecule has 5 nitrogen and oxygen atoms in total. The van der Waals surface area contributed by atoms with Crippen LogP contribution in [-0.4, -0.2) is 21.2 Å². The van der Waals surface area contributed by atoms with Crippen molar-refractivity contribution in [2.75, 3.05) is 6.61 Å². The van der Waals surface area contributed by atoms with Gasteiger partial charge in [-0.3, -0.25) is 4.79 Å². The zero-order chi connectivity index (χ0) is 20.9. The third-order valence-corrected chi connectivity index (χ3v) is 6.05. The van der Waals surface area contributed by atoms with Crippen molar-refractivity contribution in [3.63, 3.8) is 0 Å². The number of halogens is 1. The highest BCUT2D eigenvalue weighted by Crippen LogP contribution is 2.25. The first-order chi connectivity index (χ1) is 14.7. The summed E-state index contributed by atoms with van der Waals surface area (Å²) in [6, 6.07) is 15.1. The number of nitrogens with zero attached hydrogens (tertiary/aromatic N) is 3. The van der Waals surface area contributed by atoms with Crippen molar-refractivity contribution in [1.29, 1.82) is 0 Å². The summed E-state index contributed by atoms with van der Waals surface area (Å²) in [6.07, 6.45) is 6.45. The Morgan fingerprint density at radius 1 is 1.10 bits per heavy atom. The van der Waals surface area contributed by atoms with Gasteiger partial charge in [0, 0.05) is 11.1 Å². The van der Waals surface area contributed by atoms with E-state index in [2.05, 4.69) is 17.0 Å². The molecule has 0 saturated heterocycles. The van der Waals surface area contributed by atoms with Crippen LogP contribution in [-0.2, 0) is 0 Å². The fourth-order valence-corrected chi connectivity index (χ4v) is 4.29. The lowest BCUT2D eigenvalue weighted by atomic mass is 10.2. The molecule has 0 aliphatic heterocycles. The maximum absolute atomic E-state index is 12.9. The van der Waals surface area contributed by atoms with Crippen molar-refractivity contribution in [1.82, 2.24) is 14.6 Å². The number of aromatic nitrogens is 3. The highest BCUT2D eigenvalue weighted by molar-refractivity contribution is 7.15. The first-order valence-corrected chi connectivity index (χ1v) is 11.2. The molecule has 2 aromatic carbocycles. The van der Waals surface area contributed by atoms with E-state index in [0.29, 0.717) is 32.5 Å². The molecule has 4 rings (SSSR count). The lowest BCUT2D eigenvalue weighted by Gasteiger charge is -2.08. The minimum Gasteiger partial charge on any atom is -0.493 e. The van der Waals surface area contributed by atoms with E-state index >= 15 is 0 Å². The van der Waals surface area contributed by atoms with Gasteiger partial charge in [-0.25, -0.2) is 0 Å². The second-order valence-corrected chi connectivity index (χ2v) is 8.39. The predicted molar refractivity (Wildman–Crippen MR) is 122 cm³/mol. The smallest absolute Gasteiger partial charge is 0.291 e. The summed E-state index contributed by atoms with van der Waals surface area (Å²) >= 11 is 7.54. The van der Waals surface area contributed by atoms with Gasteiger partial charge in [-0.05, 0) is 30.7 Å². The van der Waals surface area contributed by atoms with Crippen molar-refractivity contribution < 1.29 is 4.74 Å². The minimum atomic E-state index is -0.196. The Kier molecular flexibility index (Phi) is 6.45. The average Bonchev–Trinajstić information content (AvgIpc) is 3.29. The van der Waals surface area contributed by atoms with Gasteiger partial charge in [-0.15, -0.1) is 5.10 Å². The fourth-order valence-electron chi connectivity index (χ4n) is 3.17. The first-order valence-electron chi connectivity index (χ1n) is 10.1. The average molecular weight is 440 g/mol. The predicted octanol–water partition coefficient (Wildman–Crippen LogP) is 4.98.